The standard InChI is InChI=1S/C17H24N2O3S/c1-14-6-3-7-15(12-14)16(20)18-10-4-8-17(13-18)9-5-11-19(17)23(2,21)22/h3,6-7,12H,4-5,8-11,13H2,1-2H3. The Kier molecular flexibility index (Phi) is 4.23. The molecule has 0 N–H and O–H groups in total. The summed E-state index contributed by atoms with van der Waals surface area (Å²) in [6.45, 7) is 3.75. The van der Waals surface area contributed by atoms with E-state index >= 15 is 0 Å². The molecule has 6 heteroatoms. The van der Waals surface area contributed by atoms with Crippen LogP contribution in [0.15, 0.2) is 24.3 Å². The van der Waals surface area contributed by atoms with Gasteiger partial charge in [-0.15, -0.1) is 0 Å². The Morgan fingerprint density at radius 3 is 2.52 bits per heavy atom. The summed E-state index contributed by atoms with van der Waals surface area (Å²) in [6, 6.07) is 7.59. The van der Waals surface area contributed by atoms with E-state index < -0.39 is 15.6 Å². The van der Waals surface area contributed by atoms with Crippen molar-refractivity contribution in [3.05, 3.63) is 35.4 Å². The number of piperidine rings is 1. The molecule has 5 nitrogen and oxygen atoms in total. The summed E-state index contributed by atoms with van der Waals surface area (Å²) < 4.78 is 25.9. The first-order valence-corrected chi connectivity index (χ1v) is 10.0. The maximum atomic E-state index is 12.8. The smallest absolute Gasteiger partial charge is 0.253 e. The monoisotopic (exact) mass is 336 g/mol. The number of carbonyl (C=O) groups is 1. The fourth-order valence-corrected chi connectivity index (χ4v) is 5.49. The predicted molar refractivity (Wildman–Crippen MR) is 89.8 cm³/mol. The third kappa shape index (κ3) is 3.15. The maximum Gasteiger partial charge on any atom is 0.253 e. The number of rotatable bonds is 2. The van der Waals surface area contributed by atoms with Crippen LogP contribution in [-0.4, -0.2) is 55.0 Å². The Bertz CT molecular complexity index is 716. The highest BCUT2D eigenvalue weighted by atomic mass is 32.2. The zero-order valence-corrected chi connectivity index (χ0v) is 14.6. The summed E-state index contributed by atoms with van der Waals surface area (Å²) in [4.78, 5) is 14.6. The molecule has 0 bridgehead atoms. The van der Waals surface area contributed by atoms with E-state index in [0.717, 1.165) is 31.2 Å². The van der Waals surface area contributed by atoms with Crippen LogP contribution in [0.2, 0.25) is 0 Å². The minimum atomic E-state index is -3.24. The molecule has 2 saturated heterocycles. The second kappa shape index (κ2) is 5.91. The van der Waals surface area contributed by atoms with Crippen molar-refractivity contribution in [3.63, 3.8) is 0 Å². The number of sulfonamides is 1. The average Bonchev–Trinajstić information content (AvgIpc) is 2.89. The van der Waals surface area contributed by atoms with Gasteiger partial charge in [-0.25, -0.2) is 8.42 Å². The Hall–Kier alpha value is -1.40. The number of aryl methyl sites for hydroxylation is 1. The minimum absolute atomic E-state index is 0.00752. The normalized spacial score (nSPS) is 25.9. The Morgan fingerprint density at radius 1 is 1.17 bits per heavy atom. The van der Waals surface area contributed by atoms with Crippen molar-refractivity contribution in [2.75, 3.05) is 25.9 Å². The van der Waals surface area contributed by atoms with Crippen molar-refractivity contribution in [2.24, 2.45) is 0 Å². The molecule has 0 aromatic heterocycles. The lowest BCUT2D eigenvalue weighted by Crippen LogP contribution is -2.58. The van der Waals surface area contributed by atoms with Gasteiger partial charge in [0.2, 0.25) is 10.0 Å². The molecular weight excluding hydrogens is 312 g/mol. The molecule has 23 heavy (non-hydrogen) atoms. The molecule has 2 aliphatic rings. The van der Waals surface area contributed by atoms with Gasteiger partial charge in [0.15, 0.2) is 0 Å². The fraction of sp³-hybridized carbons (Fsp3) is 0.588. The molecule has 0 radical (unpaired) electrons. The van der Waals surface area contributed by atoms with Crippen LogP contribution in [0.4, 0.5) is 0 Å². The highest BCUT2D eigenvalue weighted by Crippen LogP contribution is 2.39. The van der Waals surface area contributed by atoms with Crippen LogP contribution in [0.25, 0.3) is 0 Å². The first-order chi connectivity index (χ1) is 10.8. The van der Waals surface area contributed by atoms with Gasteiger partial charge in [0.05, 0.1) is 11.8 Å². The third-order valence-electron chi connectivity index (χ3n) is 5.04. The van der Waals surface area contributed by atoms with E-state index in [2.05, 4.69) is 0 Å². The molecule has 0 saturated carbocycles. The molecule has 1 aromatic carbocycles. The van der Waals surface area contributed by atoms with E-state index in [0.29, 0.717) is 25.2 Å². The van der Waals surface area contributed by atoms with Crippen molar-refractivity contribution >= 4 is 15.9 Å². The molecule has 1 spiro atoms. The number of carbonyl (C=O) groups excluding carboxylic acids is 1. The van der Waals surface area contributed by atoms with Gasteiger partial charge in [-0.05, 0) is 44.7 Å². The summed E-state index contributed by atoms with van der Waals surface area (Å²) in [5.41, 5.74) is 1.35. The van der Waals surface area contributed by atoms with Crippen LogP contribution in [0.3, 0.4) is 0 Å². The number of hydrogen-bond donors (Lipinski definition) is 0. The zero-order chi connectivity index (χ0) is 16.7. The first kappa shape index (κ1) is 16.5. The SMILES string of the molecule is Cc1cccc(C(=O)N2CCCC3(CCCN3S(C)(=O)=O)C2)c1. The van der Waals surface area contributed by atoms with Gasteiger partial charge in [0.1, 0.15) is 0 Å². The Morgan fingerprint density at radius 2 is 1.87 bits per heavy atom. The maximum absolute atomic E-state index is 12.8. The van der Waals surface area contributed by atoms with Crippen molar-refractivity contribution in [1.29, 1.82) is 0 Å². The highest BCUT2D eigenvalue weighted by Gasteiger charge is 2.48. The second-order valence-electron chi connectivity index (χ2n) is 6.86. The lowest BCUT2D eigenvalue weighted by molar-refractivity contribution is 0.0524. The number of amides is 1. The molecule has 1 atom stereocenters. The molecule has 126 valence electrons. The molecule has 1 unspecified atom stereocenters. The Labute approximate surface area is 138 Å². The van der Waals surface area contributed by atoms with E-state index in [1.807, 2.05) is 36.1 Å². The van der Waals surface area contributed by atoms with Crippen molar-refractivity contribution < 1.29 is 13.2 Å². The number of hydrogen-bond acceptors (Lipinski definition) is 3. The molecule has 2 fully saturated rings. The van der Waals surface area contributed by atoms with Gasteiger partial charge in [-0.1, -0.05) is 17.7 Å². The van der Waals surface area contributed by atoms with Gasteiger partial charge < -0.3 is 4.90 Å². The van der Waals surface area contributed by atoms with Crippen LogP contribution < -0.4 is 0 Å². The molecule has 1 aromatic rings. The van der Waals surface area contributed by atoms with Gasteiger partial charge in [-0.2, -0.15) is 4.31 Å². The summed E-state index contributed by atoms with van der Waals surface area (Å²) in [5, 5.41) is 0. The van der Waals surface area contributed by atoms with Crippen molar-refractivity contribution in [3.8, 4) is 0 Å². The molecule has 0 aliphatic carbocycles. The molecule has 3 rings (SSSR count). The van der Waals surface area contributed by atoms with Crippen LogP contribution in [-0.2, 0) is 10.0 Å². The molecular formula is C17H24N2O3S. The average molecular weight is 336 g/mol. The predicted octanol–water partition coefficient (Wildman–Crippen LogP) is 2.03. The highest BCUT2D eigenvalue weighted by molar-refractivity contribution is 7.88. The third-order valence-corrected chi connectivity index (χ3v) is 6.41. The fourth-order valence-electron chi connectivity index (χ4n) is 4.09. The van der Waals surface area contributed by atoms with Gasteiger partial charge in [0.25, 0.3) is 5.91 Å². The summed E-state index contributed by atoms with van der Waals surface area (Å²) in [6.07, 6.45) is 4.69. The van der Waals surface area contributed by atoms with E-state index in [1.54, 1.807) is 4.31 Å². The van der Waals surface area contributed by atoms with Gasteiger partial charge in [0, 0.05) is 25.2 Å². The number of nitrogens with zero attached hydrogens (tertiary/aromatic N) is 2. The van der Waals surface area contributed by atoms with Crippen molar-refractivity contribution in [1.82, 2.24) is 9.21 Å². The van der Waals surface area contributed by atoms with E-state index in [9.17, 15) is 13.2 Å². The lowest BCUT2D eigenvalue weighted by Gasteiger charge is -2.44. The molecule has 2 heterocycles. The number of benzene rings is 1. The van der Waals surface area contributed by atoms with E-state index in [-0.39, 0.29) is 5.91 Å². The molecule has 2 aliphatic heterocycles. The number of likely N-dealkylation sites (tertiary alicyclic amines) is 1. The van der Waals surface area contributed by atoms with Crippen LogP contribution in [0, 0.1) is 6.92 Å². The summed E-state index contributed by atoms with van der Waals surface area (Å²) >= 11 is 0. The van der Waals surface area contributed by atoms with Crippen LogP contribution >= 0.6 is 0 Å². The zero-order valence-electron chi connectivity index (χ0n) is 13.8. The van der Waals surface area contributed by atoms with Gasteiger partial charge >= 0.3 is 0 Å². The quantitative estimate of drug-likeness (QED) is 0.830. The lowest BCUT2D eigenvalue weighted by atomic mass is 9.87. The first-order valence-electron chi connectivity index (χ1n) is 8.16. The van der Waals surface area contributed by atoms with Crippen LogP contribution in [0.1, 0.15) is 41.6 Å². The topological polar surface area (TPSA) is 57.7 Å². The summed E-state index contributed by atoms with van der Waals surface area (Å²) in [7, 11) is -3.24. The van der Waals surface area contributed by atoms with Crippen molar-refractivity contribution in [2.45, 2.75) is 38.1 Å². The Balaban J connectivity index is 1.85. The second-order valence-corrected chi connectivity index (χ2v) is 8.77. The molecule has 1 amide bonds. The minimum Gasteiger partial charge on any atom is -0.337 e. The van der Waals surface area contributed by atoms with E-state index in [1.165, 1.54) is 6.26 Å². The van der Waals surface area contributed by atoms with Crippen LogP contribution in [0.5, 0.6) is 0 Å². The van der Waals surface area contributed by atoms with Gasteiger partial charge in [-0.3, -0.25) is 4.79 Å². The summed E-state index contributed by atoms with van der Waals surface area (Å²) in [5.74, 6) is 0.00752. The van der Waals surface area contributed by atoms with E-state index in [4.69, 9.17) is 0 Å². The largest absolute Gasteiger partial charge is 0.337 e.